The Kier molecular flexibility index (Phi) is 3.73. The molecule has 0 amide bonds. The maximum Gasteiger partial charge on any atom is 0.138 e. The van der Waals surface area contributed by atoms with E-state index in [4.69, 9.17) is 10.5 Å². The lowest BCUT2D eigenvalue weighted by molar-refractivity contribution is 0.304. The molecule has 0 saturated heterocycles. The fourth-order valence-electron chi connectivity index (χ4n) is 1.49. The number of hydrogen-bond acceptors (Lipinski definition) is 3. The summed E-state index contributed by atoms with van der Waals surface area (Å²) in [5, 5.41) is 0. The lowest BCUT2D eigenvalue weighted by Gasteiger charge is -2.08. The molecule has 0 bridgehead atoms. The number of nitrogens with zero attached hydrogens (tertiary/aromatic N) is 1. The largest absolute Gasteiger partial charge is 0.487 e. The average molecular weight is 228 g/mol. The van der Waals surface area contributed by atoms with Crippen molar-refractivity contribution in [3.05, 3.63) is 59.9 Å². The van der Waals surface area contributed by atoms with Crippen LogP contribution < -0.4 is 10.5 Å². The SMILES string of the molecule is CC(N)c1ccc(OCc2ccccc2)cn1. The molecule has 0 saturated carbocycles. The van der Waals surface area contributed by atoms with Crippen molar-refractivity contribution in [2.45, 2.75) is 19.6 Å². The van der Waals surface area contributed by atoms with Crippen molar-refractivity contribution >= 4 is 0 Å². The second-order valence-corrected chi connectivity index (χ2v) is 3.98. The summed E-state index contributed by atoms with van der Waals surface area (Å²) in [5.41, 5.74) is 7.74. The Morgan fingerprint density at radius 3 is 2.53 bits per heavy atom. The molecule has 1 aromatic heterocycles. The van der Waals surface area contributed by atoms with Gasteiger partial charge in [0.15, 0.2) is 0 Å². The molecule has 0 aliphatic heterocycles. The van der Waals surface area contributed by atoms with Crippen molar-refractivity contribution in [2.75, 3.05) is 0 Å². The number of pyridine rings is 1. The van der Waals surface area contributed by atoms with E-state index < -0.39 is 0 Å². The van der Waals surface area contributed by atoms with Gasteiger partial charge < -0.3 is 10.5 Å². The Morgan fingerprint density at radius 1 is 1.18 bits per heavy atom. The lowest BCUT2D eigenvalue weighted by atomic mass is 10.2. The van der Waals surface area contributed by atoms with Crippen LogP contribution in [0.15, 0.2) is 48.7 Å². The summed E-state index contributed by atoms with van der Waals surface area (Å²) in [7, 11) is 0. The van der Waals surface area contributed by atoms with Gasteiger partial charge in [0.2, 0.25) is 0 Å². The van der Waals surface area contributed by atoms with Crippen molar-refractivity contribution < 1.29 is 4.74 Å². The van der Waals surface area contributed by atoms with Crippen molar-refractivity contribution in [1.29, 1.82) is 0 Å². The number of rotatable bonds is 4. The zero-order chi connectivity index (χ0) is 12.1. The van der Waals surface area contributed by atoms with Crippen molar-refractivity contribution in [1.82, 2.24) is 4.98 Å². The van der Waals surface area contributed by atoms with E-state index in [2.05, 4.69) is 4.98 Å². The number of ether oxygens (including phenoxy) is 1. The molecule has 0 fully saturated rings. The minimum atomic E-state index is -0.0434. The molecule has 3 nitrogen and oxygen atoms in total. The molecule has 0 spiro atoms. The predicted octanol–water partition coefficient (Wildman–Crippen LogP) is 2.68. The molecule has 1 heterocycles. The van der Waals surface area contributed by atoms with E-state index >= 15 is 0 Å². The highest BCUT2D eigenvalue weighted by Crippen LogP contribution is 2.14. The minimum Gasteiger partial charge on any atom is -0.487 e. The highest BCUT2D eigenvalue weighted by molar-refractivity contribution is 5.22. The van der Waals surface area contributed by atoms with E-state index in [9.17, 15) is 0 Å². The van der Waals surface area contributed by atoms with E-state index in [1.807, 2.05) is 49.4 Å². The maximum atomic E-state index is 5.73. The molecular formula is C14H16N2O. The van der Waals surface area contributed by atoms with Gasteiger partial charge >= 0.3 is 0 Å². The van der Waals surface area contributed by atoms with Crippen LogP contribution >= 0.6 is 0 Å². The van der Waals surface area contributed by atoms with Crippen LogP contribution in [0.1, 0.15) is 24.2 Å². The van der Waals surface area contributed by atoms with Gasteiger partial charge in [-0.3, -0.25) is 4.98 Å². The molecule has 0 aliphatic rings. The molecule has 2 N–H and O–H groups in total. The molecule has 2 aromatic rings. The van der Waals surface area contributed by atoms with Gasteiger partial charge in [-0.05, 0) is 24.6 Å². The van der Waals surface area contributed by atoms with Crippen LogP contribution in [0, 0.1) is 0 Å². The van der Waals surface area contributed by atoms with Gasteiger partial charge in [0.25, 0.3) is 0 Å². The summed E-state index contributed by atoms with van der Waals surface area (Å²) in [4.78, 5) is 4.24. The number of hydrogen-bond donors (Lipinski definition) is 1. The van der Waals surface area contributed by atoms with Crippen molar-refractivity contribution in [3.8, 4) is 5.75 Å². The Balaban J connectivity index is 1.96. The summed E-state index contributed by atoms with van der Waals surface area (Å²) in [6.07, 6.45) is 1.71. The van der Waals surface area contributed by atoms with Gasteiger partial charge in [-0.1, -0.05) is 30.3 Å². The second kappa shape index (κ2) is 5.46. The first-order chi connectivity index (χ1) is 8.25. The van der Waals surface area contributed by atoms with Crippen LogP contribution in [0.2, 0.25) is 0 Å². The van der Waals surface area contributed by atoms with E-state index in [-0.39, 0.29) is 6.04 Å². The summed E-state index contributed by atoms with van der Waals surface area (Å²) < 4.78 is 5.62. The third-order valence-corrected chi connectivity index (χ3v) is 2.47. The Hall–Kier alpha value is -1.87. The van der Waals surface area contributed by atoms with Crippen molar-refractivity contribution in [2.24, 2.45) is 5.73 Å². The van der Waals surface area contributed by atoms with E-state index in [1.165, 1.54) is 0 Å². The highest BCUT2D eigenvalue weighted by Gasteiger charge is 2.01. The lowest BCUT2D eigenvalue weighted by Crippen LogP contribution is -2.07. The predicted molar refractivity (Wildman–Crippen MR) is 67.6 cm³/mol. The van der Waals surface area contributed by atoms with Gasteiger partial charge in [-0.15, -0.1) is 0 Å². The molecular weight excluding hydrogens is 212 g/mol. The van der Waals surface area contributed by atoms with Crippen LogP contribution in [0.5, 0.6) is 5.75 Å². The molecule has 17 heavy (non-hydrogen) atoms. The van der Waals surface area contributed by atoms with Crippen LogP contribution in [0.25, 0.3) is 0 Å². The first-order valence-electron chi connectivity index (χ1n) is 5.64. The van der Waals surface area contributed by atoms with E-state index in [0.717, 1.165) is 17.0 Å². The Morgan fingerprint density at radius 2 is 1.94 bits per heavy atom. The Labute approximate surface area is 101 Å². The van der Waals surface area contributed by atoms with Crippen LogP contribution in [-0.2, 0) is 6.61 Å². The molecule has 1 unspecified atom stereocenters. The monoisotopic (exact) mass is 228 g/mol. The molecule has 88 valence electrons. The van der Waals surface area contributed by atoms with Crippen LogP contribution in [-0.4, -0.2) is 4.98 Å². The van der Waals surface area contributed by atoms with Crippen LogP contribution in [0.4, 0.5) is 0 Å². The zero-order valence-electron chi connectivity index (χ0n) is 9.84. The molecule has 0 radical (unpaired) electrons. The summed E-state index contributed by atoms with van der Waals surface area (Å²) in [5.74, 6) is 0.762. The molecule has 2 rings (SSSR count). The number of aromatic nitrogens is 1. The zero-order valence-corrected chi connectivity index (χ0v) is 9.84. The van der Waals surface area contributed by atoms with Gasteiger partial charge in [-0.2, -0.15) is 0 Å². The van der Waals surface area contributed by atoms with E-state index in [1.54, 1.807) is 6.20 Å². The molecule has 0 aliphatic carbocycles. The standard InChI is InChI=1S/C14H16N2O/c1-11(15)14-8-7-13(9-16-14)17-10-12-5-3-2-4-6-12/h2-9,11H,10,15H2,1H3. The third kappa shape index (κ3) is 3.29. The summed E-state index contributed by atoms with van der Waals surface area (Å²) >= 11 is 0. The quantitative estimate of drug-likeness (QED) is 0.875. The average Bonchev–Trinajstić information content (AvgIpc) is 2.38. The molecule has 1 aromatic carbocycles. The van der Waals surface area contributed by atoms with Gasteiger partial charge in [-0.25, -0.2) is 0 Å². The Bertz CT molecular complexity index is 451. The van der Waals surface area contributed by atoms with Crippen LogP contribution in [0.3, 0.4) is 0 Å². The van der Waals surface area contributed by atoms with E-state index in [0.29, 0.717) is 6.61 Å². The minimum absolute atomic E-state index is 0.0434. The first kappa shape index (κ1) is 11.6. The van der Waals surface area contributed by atoms with Gasteiger partial charge in [0, 0.05) is 6.04 Å². The molecule has 3 heteroatoms. The summed E-state index contributed by atoms with van der Waals surface area (Å²) in [6, 6.07) is 13.8. The fraction of sp³-hybridized carbons (Fsp3) is 0.214. The first-order valence-corrected chi connectivity index (χ1v) is 5.64. The van der Waals surface area contributed by atoms with Gasteiger partial charge in [0.1, 0.15) is 12.4 Å². The van der Waals surface area contributed by atoms with Gasteiger partial charge in [0.05, 0.1) is 11.9 Å². The number of benzene rings is 1. The smallest absolute Gasteiger partial charge is 0.138 e. The second-order valence-electron chi connectivity index (χ2n) is 3.98. The highest BCUT2D eigenvalue weighted by atomic mass is 16.5. The number of nitrogens with two attached hydrogens (primary N) is 1. The molecule has 1 atom stereocenters. The third-order valence-electron chi connectivity index (χ3n) is 2.47. The maximum absolute atomic E-state index is 5.73. The fourth-order valence-corrected chi connectivity index (χ4v) is 1.49. The normalized spacial score (nSPS) is 12.1. The topological polar surface area (TPSA) is 48.1 Å². The van der Waals surface area contributed by atoms with Crippen molar-refractivity contribution in [3.63, 3.8) is 0 Å². The summed E-state index contributed by atoms with van der Waals surface area (Å²) in [6.45, 7) is 2.47.